The summed E-state index contributed by atoms with van der Waals surface area (Å²) >= 11 is 0. The zero-order valence-electron chi connectivity index (χ0n) is 9.43. The van der Waals surface area contributed by atoms with Gasteiger partial charge < -0.3 is 4.74 Å². The molecular weight excluding hydrogens is 176 g/mol. The summed E-state index contributed by atoms with van der Waals surface area (Å²) in [7, 11) is 0. The summed E-state index contributed by atoms with van der Waals surface area (Å²) < 4.78 is 5.45. The molecule has 1 rings (SSSR count). The van der Waals surface area contributed by atoms with Crippen LogP contribution in [0.3, 0.4) is 0 Å². The van der Waals surface area contributed by atoms with Gasteiger partial charge in [0.05, 0.1) is 0 Å². The molecule has 0 spiro atoms. The molecule has 0 aliphatic heterocycles. The highest BCUT2D eigenvalue weighted by molar-refractivity contribution is 5.87. The van der Waals surface area contributed by atoms with Gasteiger partial charge in [-0.15, -0.1) is 0 Å². The van der Waals surface area contributed by atoms with Crippen LogP contribution in [0.15, 0.2) is 12.2 Å². The molecule has 0 bridgehead atoms. The second-order valence-corrected chi connectivity index (χ2v) is 4.80. The van der Waals surface area contributed by atoms with E-state index < -0.39 is 0 Å². The lowest BCUT2D eigenvalue weighted by atomic mass is 9.80. The SMILES string of the molecule is C=C(C)C(=O)OC1(C)CCC(C)CC1. The second-order valence-electron chi connectivity index (χ2n) is 4.80. The van der Waals surface area contributed by atoms with Gasteiger partial charge in [-0.2, -0.15) is 0 Å². The van der Waals surface area contributed by atoms with Crippen molar-refractivity contribution in [3.05, 3.63) is 12.2 Å². The second kappa shape index (κ2) is 4.16. The number of esters is 1. The quantitative estimate of drug-likeness (QED) is 0.501. The molecule has 0 aromatic heterocycles. The van der Waals surface area contributed by atoms with Gasteiger partial charge in [-0.1, -0.05) is 13.5 Å². The Morgan fingerprint density at radius 3 is 2.36 bits per heavy atom. The van der Waals surface area contributed by atoms with Gasteiger partial charge in [0, 0.05) is 5.57 Å². The molecule has 2 nitrogen and oxygen atoms in total. The fraction of sp³-hybridized carbons (Fsp3) is 0.750. The van der Waals surface area contributed by atoms with Crippen molar-refractivity contribution >= 4 is 5.97 Å². The molecule has 0 aromatic rings. The molecule has 1 fully saturated rings. The van der Waals surface area contributed by atoms with E-state index in [1.54, 1.807) is 6.92 Å². The zero-order valence-corrected chi connectivity index (χ0v) is 9.43. The van der Waals surface area contributed by atoms with Crippen LogP contribution < -0.4 is 0 Å². The van der Waals surface area contributed by atoms with Crippen molar-refractivity contribution in [1.29, 1.82) is 0 Å². The third-order valence-corrected chi connectivity index (χ3v) is 3.02. The van der Waals surface area contributed by atoms with Crippen molar-refractivity contribution in [2.75, 3.05) is 0 Å². The fourth-order valence-electron chi connectivity index (χ4n) is 1.79. The molecule has 2 heteroatoms. The largest absolute Gasteiger partial charge is 0.456 e. The summed E-state index contributed by atoms with van der Waals surface area (Å²) in [4.78, 5) is 11.4. The van der Waals surface area contributed by atoms with Crippen LogP contribution in [0.25, 0.3) is 0 Å². The molecule has 0 saturated heterocycles. The summed E-state index contributed by atoms with van der Waals surface area (Å²) in [5.41, 5.74) is 0.243. The van der Waals surface area contributed by atoms with Gasteiger partial charge in [-0.05, 0) is 45.4 Å². The molecule has 1 aliphatic carbocycles. The average Bonchev–Trinajstić information content (AvgIpc) is 2.10. The van der Waals surface area contributed by atoms with Crippen LogP contribution in [0.4, 0.5) is 0 Å². The lowest BCUT2D eigenvalue weighted by Gasteiger charge is -2.35. The molecule has 1 saturated carbocycles. The molecule has 0 atom stereocenters. The first-order valence-electron chi connectivity index (χ1n) is 5.32. The average molecular weight is 196 g/mol. The van der Waals surface area contributed by atoms with E-state index in [4.69, 9.17) is 4.74 Å². The first-order valence-corrected chi connectivity index (χ1v) is 5.32. The van der Waals surface area contributed by atoms with Gasteiger partial charge in [-0.25, -0.2) is 4.79 Å². The van der Waals surface area contributed by atoms with Crippen LogP contribution in [0.2, 0.25) is 0 Å². The van der Waals surface area contributed by atoms with E-state index in [0.717, 1.165) is 31.6 Å². The highest BCUT2D eigenvalue weighted by Gasteiger charge is 2.33. The Kier molecular flexibility index (Phi) is 3.35. The van der Waals surface area contributed by atoms with Crippen LogP contribution in [0.1, 0.15) is 46.5 Å². The maximum atomic E-state index is 11.4. The summed E-state index contributed by atoms with van der Waals surface area (Å²) in [5.74, 6) is 0.522. The molecule has 1 aliphatic rings. The number of ether oxygens (including phenoxy) is 1. The standard InChI is InChI=1S/C12H20O2/c1-9(2)11(13)14-12(4)7-5-10(3)6-8-12/h10H,1,5-8H2,2-4H3. The lowest BCUT2D eigenvalue weighted by Crippen LogP contribution is -2.35. The maximum absolute atomic E-state index is 11.4. The highest BCUT2D eigenvalue weighted by Crippen LogP contribution is 2.34. The van der Waals surface area contributed by atoms with Gasteiger partial charge >= 0.3 is 5.97 Å². The van der Waals surface area contributed by atoms with E-state index >= 15 is 0 Å². The fourth-order valence-corrected chi connectivity index (χ4v) is 1.79. The lowest BCUT2D eigenvalue weighted by molar-refractivity contribution is -0.156. The minimum atomic E-state index is -0.248. The van der Waals surface area contributed by atoms with Crippen LogP contribution in [0.5, 0.6) is 0 Å². The number of carbonyl (C=O) groups is 1. The van der Waals surface area contributed by atoms with E-state index in [-0.39, 0.29) is 11.6 Å². The minimum absolute atomic E-state index is 0.247. The predicted molar refractivity (Wildman–Crippen MR) is 56.9 cm³/mol. The predicted octanol–water partition coefficient (Wildman–Crippen LogP) is 3.07. The maximum Gasteiger partial charge on any atom is 0.333 e. The van der Waals surface area contributed by atoms with Crippen LogP contribution >= 0.6 is 0 Å². The van der Waals surface area contributed by atoms with Crippen LogP contribution in [-0.4, -0.2) is 11.6 Å². The summed E-state index contributed by atoms with van der Waals surface area (Å²) in [6.07, 6.45) is 4.26. The van der Waals surface area contributed by atoms with Gasteiger partial charge in [0.15, 0.2) is 0 Å². The van der Waals surface area contributed by atoms with E-state index in [0.29, 0.717) is 5.57 Å². The molecule has 14 heavy (non-hydrogen) atoms. The molecule has 0 aromatic carbocycles. The Morgan fingerprint density at radius 1 is 1.43 bits per heavy atom. The van der Waals surface area contributed by atoms with Gasteiger partial charge in [-0.3, -0.25) is 0 Å². The Hall–Kier alpha value is -0.790. The Labute approximate surface area is 86.3 Å². The van der Waals surface area contributed by atoms with Crippen LogP contribution in [-0.2, 0) is 9.53 Å². The van der Waals surface area contributed by atoms with Crippen molar-refractivity contribution in [1.82, 2.24) is 0 Å². The van der Waals surface area contributed by atoms with Gasteiger partial charge in [0.25, 0.3) is 0 Å². The van der Waals surface area contributed by atoms with E-state index in [9.17, 15) is 4.79 Å². The van der Waals surface area contributed by atoms with Crippen molar-refractivity contribution in [2.45, 2.75) is 52.1 Å². The van der Waals surface area contributed by atoms with Crippen molar-refractivity contribution in [3.63, 3.8) is 0 Å². The Bertz CT molecular complexity index is 235. The molecule has 80 valence electrons. The number of carbonyl (C=O) groups excluding carboxylic acids is 1. The number of hydrogen-bond donors (Lipinski definition) is 0. The third-order valence-electron chi connectivity index (χ3n) is 3.02. The van der Waals surface area contributed by atoms with Gasteiger partial charge in [0.1, 0.15) is 5.60 Å². The van der Waals surface area contributed by atoms with E-state index in [1.165, 1.54) is 0 Å². The minimum Gasteiger partial charge on any atom is -0.456 e. The normalized spacial score (nSPS) is 32.4. The summed E-state index contributed by atoms with van der Waals surface area (Å²) in [5, 5.41) is 0. The topological polar surface area (TPSA) is 26.3 Å². The smallest absolute Gasteiger partial charge is 0.333 e. The van der Waals surface area contributed by atoms with Crippen molar-refractivity contribution in [2.24, 2.45) is 5.92 Å². The van der Waals surface area contributed by atoms with Gasteiger partial charge in [0.2, 0.25) is 0 Å². The molecule has 0 unspecified atom stereocenters. The summed E-state index contributed by atoms with van der Waals surface area (Å²) in [6, 6.07) is 0. The Morgan fingerprint density at radius 2 is 1.93 bits per heavy atom. The third kappa shape index (κ3) is 2.86. The number of rotatable bonds is 2. The van der Waals surface area contributed by atoms with Crippen molar-refractivity contribution < 1.29 is 9.53 Å². The molecule has 0 amide bonds. The first kappa shape index (κ1) is 11.3. The zero-order chi connectivity index (χ0) is 10.8. The Balaban J connectivity index is 2.50. The molecular formula is C12H20O2. The molecule has 0 radical (unpaired) electrons. The van der Waals surface area contributed by atoms with Crippen molar-refractivity contribution in [3.8, 4) is 0 Å². The molecule has 0 heterocycles. The first-order chi connectivity index (χ1) is 6.43. The molecule has 0 N–H and O–H groups in total. The number of hydrogen-bond acceptors (Lipinski definition) is 2. The summed E-state index contributed by atoms with van der Waals surface area (Å²) in [6.45, 7) is 9.56. The van der Waals surface area contributed by atoms with E-state index in [1.807, 2.05) is 6.92 Å². The monoisotopic (exact) mass is 196 g/mol. The highest BCUT2D eigenvalue weighted by atomic mass is 16.6. The van der Waals surface area contributed by atoms with Crippen LogP contribution in [0, 0.1) is 5.92 Å². The van der Waals surface area contributed by atoms with E-state index in [2.05, 4.69) is 13.5 Å².